The van der Waals surface area contributed by atoms with Gasteiger partial charge in [0.1, 0.15) is 5.03 Å². The summed E-state index contributed by atoms with van der Waals surface area (Å²) in [6, 6.07) is 3.80. The number of azo groups is 1. The molecule has 2 heterocycles. The van der Waals surface area contributed by atoms with Crippen molar-refractivity contribution in [1.82, 2.24) is 14.9 Å². The van der Waals surface area contributed by atoms with Gasteiger partial charge in [-0.25, -0.2) is 9.59 Å². The number of carbonyl (C=O) groups is 3. The molecule has 0 aliphatic carbocycles. The minimum atomic E-state index is -1.76. The number of imide groups is 3. The van der Waals surface area contributed by atoms with Gasteiger partial charge in [-0.05, 0) is 12.1 Å². The average molecular weight is 472 g/mol. The fourth-order valence-electron chi connectivity index (χ4n) is 2.29. The molecule has 153 valence electrons. The topological polar surface area (TPSA) is 207 Å². The van der Waals surface area contributed by atoms with Crippen molar-refractivity contribution in [1.29, 1.82) is 0 Å². The molecule has 3 amide bonds. The first kappa shape index (κ1) is 22.2. The van der Waals surface area contributed by atoms with E-state index in [2.05, 4.69) is 24.6 Å². The number of nitrogens with one attached hydrogen (secondary N) is 2. The van der Waals surface area contributed by atoms with Crippen molar-refractivity contribution >= 4 is 41.3 Å². The molecule has 1 aromatic heterocycles. The molecule has 0 saturated heterocycles. The Morgan fingerprint density at radius 3 is 2.52 bits per heavy atom. The Bertz CT molecular complexity index is 1140. The Kier molecular flexibility index (Phi) is 6.80. The van der Waals surface area contributed by atoms with Gasteiger partial charge in [0.15, 0.2) is 5.69 Å². The molecule has 0 atom stereocenters. The second-order valence-electron chi connectivity index (χ2n) is 4.93. The molecule has 1 aromatic carbocycles. The molecule has 0 spiro atoms. The van der Waals surface area contributed by atoms with E-state index in [1.54, 1.807) is 0 Å². The summed E-state index contributed by atoms with van der Waals surface area (Å²) in [7, 11) is 0. The predicted molar refractivity (Wildman–Crippen MR) is 84.9 cm³/mol. The first-order chi connectivity index (χ1) is 13.3. The summed E-state index contributed by atoms with van der Waals surface area (Å²) in [4.78, 5) is 62.6. The normalized spacial score (nSPS) is 12.9. The Hall–Kier alpha value is -3.14. The van der Waals surface area contributed by atoms with Crippen molar-refractivity contribution < 1.29 is 51.2 Å². The van der Waals surface area contributed by atoms with Crippen LogP contribution in [0, 0.1) is 0 Å². The van der Waals surface area contributed by atoms with E-state index in [1.807, 2.05) is 4.98 Å². The molecular weight excluding hydrogens is 466 g/mol. The molecule has 1 aliphatic heterocycles. The number of hydrogen-bond acceptors (Lipinski definition) is 11. The number of nitrogens with zero attached hydrogens (tertiary/aromatic N) is 3. The SMILES string of the molecule is O=C(O)N1C(=O)c2cccc(N=Nc3c(SOO[O-])[nH]c(=O)[nH]c3=O)c2C1=O.[Cu+2]. The van der Waals surface area contributed by atoms with E-state index >= 15 is 0 Å². The third-order valence-corrected chi connectivity index (χ3v) is 3.96. The fraction of sp³-hybridized carbons (Fsp3) is 0. The summed E-state index contributed by atoms with van der Waals surface area (Å²) < 4.78 is 4.03. The van der Waals surface area contributed by atoms with Gasteiger partial charge in [0.05, 0.1) is 28.9 Å². The first-order valence-electron chi connectivity index (χ1n) is 7.01. The van der Waals surface area contributed by atoms with Crippen LogP contribution in [-0.2, 0) is 26.4 Å². The Morgan fingerprint density at radius 1 is 1.14 bits per heavy atom. The molecule has 3 N–H and O–H groups in total. The van der Waals surface area contributed by atoms with Gasteiger partial charge in [-0.1, -0.05) is 6.07 Å². The maximum atomic E-state index is 12.2. The number of carbonyl (C=O) groups excluding carboxylic acids is 2. The standard InChI is InChI=1S/C13H7N5O9S.Cu/c19-8-7(9(28-27-26-25)15-12(22)14-8)17-16-5-3-1-2-4-6(5)11(21)18(10(4)20)13(23)24;/h1-3,25H,(H,23,24)(H2,14,15,19,22);/q;+2/p-1. The number of aromatic amines is 2. The van der Waals surface area contributed by atoms with Gasteiger partial charge < -0.3 is 10.4 Å². The molecule has 1 aliphatic rings. The van der Waals surface area contributed by atoms with Crippen LogP contribution in [0.15, 0.2) is 43.0 Å². The van der Waals surface area contributed by atoms with Crippen molar-refractivity contribution in [2.45, 2.75) is 5.03 Å². The molecule has 0 unspecified atom stereocenters. The van der Waals surface area contributed by atoms with Crippen LogP contribution in [0.2, 0.25) is 0 Å². The van der Waals surface area contributed by atoms with Gasteiger partial charge >= 0.3 is 28.9 Å². The van der Waals surface area contributed by atoms with Crippen molar-refractivity contribution in [2.75, 3.05) is 0 Å². The summed E-state index contributed by atoms with van der Waals surface area (Å²) >= 11 is 0.170. The quantitative estimate of drug-likeness (QED) is 0.101. The summed E-state index contributed by atoms with van der Waals surface area (Å²) in [5, 5.41) is 29.0. The number of H-pyrrole nitrogens is 2. The number of aromatic nitrogens is 2. The van der Waals surface area contributed by atoms with E-state index in [-0.39, 0.29) is 55.9 Å². The number of fused-ring (bicyclic) bond motifs is 1. The molecule has 3 rings (SSSR count). The number of rotatable bonds is 5. The smallest absolute Gasteiger partial charge is 0.691 e. The number of carboxylic acid groups (broad SMARTS) is 1. The number of hydrogen-bond donors (Lipinski definition) is 3. The molecule has 0 saturated carbocycles. The summed E-state index contributed by atoms with van der Waals surface area (Å²) in [5.74, 6) is -2.18. The van der Waals surface area contributed by atoms with Crippen LogP contribution in [0.25, 0.3) is 0 Å². The van der Waals surface area contributed by atoms with Gasteiger partial charge in [-0.2, -0.15) is 9.23 Å². The van der Waals surface area contributed by atoms with Crippen molar-refractivity contribution in [3.63, 3.8) is 0 Å². The zero-order valence-corrected chi connectivity index (χ0v) is 15.3. The number of amides is 3. The Morgan fingerprint density at radius 2 is 1.86 bits per heavy atom. The van der Waals surface area contributed by atoms with Gasteiger partial charge in [0, 0.05) is 0 Å². The monoisotopic (exact) mass is 471 g/mol. The van der Waals surface area contributed by atoms with Gasteiger partial charge in [-0.3, -0.25) is 29.4 Å². The molecule has 2 aromatic rings. The molecule has 1 radical (unpaired) electrons. The summed E-state index contributed by atoms with van der Waals surface area (Å²) in [6.07, 6.45) is -1.76. The molecule has 14 nitrogen and oxygen atoms in total. The van der Waals surface area contributed by atoms with Crippen LogP contribution in [0.4, 0.5) is 16.2 Å². The van der Waals surface area contributed by atoms with E-state index < -0.39 is 34.8 Å². The molecular formula is C13H6CuN5O9S+. The average Bonchev–Trinajstić information content (AvgIpc) is 2.90. The zero-order valence-electron chi connectivity index (χ0n) is 13.5. The number of benzene rings is 1. The molecule has 16 heteroatoms. The molecule has 0 bridgehead atoms. The first-order valence-corrected chi connectivity index (χ1v) is 7.75. The minimum absolute atomic E-state index is 0. The van der Waals surface area contributed by atoms with E-state index in [0.717, 1.165) is 0 Å². The van der Waals surface area contributed by atoms with Gasteiger partial charge in [-0.15, -0.1) is 10.2 Å². The third-order valence-electron chi connectivity index (χ3n) is 3.37. The van der Waals surface area contributed by atoms with E-state index in [9.17, 15) is 29.2 Å². The van der Waals surface area contributed by atoms with Gasteiger partial charge in [0.2, 0.25) is 0 Å². The molecule has 0 fully saturated rings. The Labute approximate surface area is 173 Å². The van der Waals surface area contributed by atoms with Crippen LogP contribution in [-0.4, -0.2) is 37.9 Å². The maximum absolute atomic E-state index is 12.2. The van der Waals surface area contributed by atoms with E-state index in [4.69, 9.17) is 5.11 Å². The van der Waals surface area contributed by atoms with Crippen LogP contribution < -0.4 is 16.5 Å². The maximum Gasteiger partial charge on any atom is 2.00 e. The fourth-order valence-corrected chi connectivity index (χ4v) is 2.73. The third kappa shape index (κ3) is 4.16. The van der Waals surface area contributed by atoms with Crippen molar-refractivity contribution in [3.05, 3.63) is 50.2 Å². The largest absolute Gasteiger partial charge is 2.00 e. The van der Waals surface area contributed by atoms with Gasteiger partial charge in [0.25, 0.3) is 17.4 Å². The van der Waals surface area contributed by atoms with Crippen LogP contribution in [0.3, 0.4) is 0 Å². The minimum Gasteiger partial charge on any atom is -0.691 e. The van der Waals surface area contributed by atoms with Crippen molar-refractivity contribution in [3.8, 4) is 0 Å². The molecule has 29 heavy (non-hydrogen) atoms. The summed E-state index contributed by atoms with van der Waals surface area (Å²) in [5.41, 5.74) is -3.19. The van der Waals surface area contributed by atoms with E-state index in [0.29, 0.717) is 0 Å². The Balaban J connectivity index is 0.00000300. The van der Waals surface area contributed by atoms with Crippen molar-refractivity contribution in [2.24, 2.45) is 10.2 Å². The van der Waals surface area contributed by atoms with Crippen LogP contribution in [0.1, 0.15) is 20.7 Å². The zero-order chi connectivity index (χ0) is 20.4. The second-order valence-corrected chi connectivity index (χ2v) is 5.64. The van der Waals surface area contributed by atoms with Crippen LogP contribution >= 0.6 is 12.0 Å². The summed E-state index contributed by atoms with van der Waals surface area (Å²) in [6.45, 7) is 0. The second kappa shape index (κ2) is 8.91. The predicted octanol–water partition coefficient (Wildman–Crippen LogP) is -0.0193. The van der Waals surface area contributed by atoms with E-state index in [1.165, 1.54) is 18.2 Å². The van der Waals surface area contributed by atoms with Crippen LogP contribution in [0.5, 0.6) is 0 Å².